The van der Waals surface area contributed by atoms with Gasteiger partial charge < -0.3 is 24.4 Å². The predicted molar refractivity (Wildman–Crippen MR) is 146 cm³/mol. The minimum atomic E-state index is -0.382. The van der Waals surface area contributed by atoms with Gasteiger partial charge in [0.2, 0.25) is 5.91 Å². The van der Waals surface area contributed by atoms with E-state index in [0.717, 1.165) is 22.3 Å². The number of aromatic amines is 1. The normalized spacial score (nSPS) is 16.3. The average Bonchev–Trinajstić information content (AvgIpc) is 3.39. The van der Waals surface area contributed by atoms with Crippen molar-refractivity contribution in [3.8, 4) is 5.75 Å². The molecule has 2 aliphatic rings. The fourth-order valence-corrected chi connectivity index (χ4v) is 5.39. The summed E-state index contributed by atoms with van der Waals surface area (Å²) in [5.41, 5.74) is 2.99. The van der Waals surface area contributed by atoms with Crippen molar-refractivity contribution in [2.24, 2.45) is 0 Å². The molecule has 9 heteroatoms. The fraction of sp³-hybridized carbons (Fsp3) is 0.414. The van der Waals surface area contributed by atoms with Crippen LogP contribution in [0.15, 0.2) is 36.5 Å². The molecule has 0 atom stereocenters. The predicted octanol–water partition coefficient (Wildman–Crippen LogP) is 4.43. The lowest BCUT2D eigenvalue weighted by Gasteiger charge is -2.35. The van der Waals surface area contributed by atoms with Crippen LogP contribution in [-0.2, 0) is 4.79 Å². The number of halogens is 1. The van der Waals surface area contributed by atoms with E-state index in [0.29, 0.717) is 68.2 Å². The Morgan fingerprint density at radius 2 is 1.87 bits per heavy atom. The second-order valence-corrected chi connectivity index (χ2v) is 10.2. The highest BCUT2D eigenvalue weighted by Gasteiger charge is 2.28. The number of rotatable bonds is 5. The first-order chi connectivity index (χ1) is 18.3. The summed E-state index contributed by atoms with van der Waals surface area (Å²) >= 11 is 0. The van der Waals surface area contributed by atoms with Crippen molar-refractivity contribution >= 4 is 34.1 Å². The number of benzene rings is 1. The number of methoxy groups -OCH3 is 1. The van der Waals surface area contributed by atoms with Crippen LogP contribution in [0.2, 0.25) is 0 Å². The summed E-state index contributed by atoms with van der Waals surface area (Å²) in [7, 11) is 1.62. The number of anilines is 1. The molecule has 1 saturated heterocycles. The third-order valence-corrected chi connectivity index (χ3v) is 7.52. The van der Waals surface area contributed by atoms with Crippen molar-refractivity contribution in [3.05, 3.63) is 59.2 Å². The van der Waals surface area contributed by atoms with Gasteiger partial charge in [-0.2, -0.15) is 0 Å². The van der Waals surface area contributed by atoms with E-state index in [9.17, 15) is 9.59 Å². The van der Waals surface area contributed by atoms with Gasteiger partial charge in [-0.05, 0) is 47.7 Å². The molecule has 8 nitrogen and oxygen atoms in total. The molecule has 1 fully saturated rings. The van der Waals surface area contributed by atoms with Crippen molar-refractivity contribution in [1.82, 2.24) is 19.8 Å². The summed E-state index contributed by atoms with van der Waals surface area (Å²) in [5.74, 6) is 1.05. The maximum absolute atomic E-state index is 15.9. The zero-order chi connectivity index (χ0) is 27.0. The second kappa shape index (κ2) is 10.5. The van der Waals surface area contributed by atoms with Crippen molar-refractivity contribution < 1.29 is 18.7 Å². The Labute approximate surface area is 222 Å². The lowest BCUT2D eigenvalue weighted by molar-refractivity contribution is -0.128. The maximum Gasteiger partial charge on any atom is 0.270 e. The number of carbonyl (C=O) groups excluding carboxylic acids is 2. The van der Waals surface area contributed by atoms with Crippen LogP contribution in [0.1, 0.15) is 54.7 Å². The van der Waals surface area contributed by atoms with E-state index in [1.165, 1.54) is 6.92 Å². The minimum absolute atomic E-state index is 0.0180. The SMILES string of the molecule is COc1cccnc1N1CCN(C(=O)c2cc3c(C(C)C)cc(C4=CCCN(C(C)=O)C4)c(F)c3[nH]2)CC1. The number of piperazine rings is 1. The van der Waals surface area contributed by atoms with Crippen molar-refractivity contribution in [2.75, 3.05) is 51.3 Å². The topological polar surface area (TPSA) is 81.8 Å². The number of fused-ring (bicyclic) bond motifs is 1. The van der Waals surface area contributed by atoms with Gasteiger partial charge >= 0.3 is 0 Å². The second-order valence-electron chi connectivity index (χ2n) is 10.2. The third kappa shape index (κ3) is 4.73. The molecule has 5 rings (SSSR count). The Hall–Kier alpha value is -3.88. The molecule has 2 aromatic heterocycles. The highest BCUT2D eigenvalue weighted by Crippen LogP contribution is 2.35. The molecule has 3 aromatic rings. The Morgan fingerprint density at radius 1 is 1.11 bits per heavy atom. The molecule has 200 valence electrons. The number of nitrogens with one attached hydrogen (secondary N) is 1. The minimum Gasteiger partial charge on any atom is -0.493 e. The van der Waals surface area contributed by atoms with Gasteiger partial charge in [-0.3, -0.25) is 9.59 Å². The number of H-pyrrole nitrogens is 1. The van der Waals surface area contributed by atoms with Gasteiger partial charge in [0.15, 0.2) is 17.4 Å². The van der Waals surface area contributed by atoms with Crippen LogP contribution in [0.4, 0.5) is 10.2 Å². The fourth-order valence-electron chi connectivity index (χ4n) is 5.39. The zero-order valence-electron chi connectivity index (χ0n) is 22.4. The van der Waals surface area contributed by atoms with E-state index in [1.807, 2.05) is 24.3 Å². The number of hydrogen-bond acceptors (Lipinski definition) is 5. The van der Waals surface area contributed by atoms with Crippen LogP contribution < -0.4 is 9.64 Å². The Kier molecular flexibility index (Phi) is 7.10. The monoisotopic (exact) mass is 519 g/mol. The summed E-state index contributed by atoms with van der Waals surface area (Å²) in [6.07, 6.45) is 4.43. The summed E-state index contributed by atoms with van der Waals surface area (Å²) in [5, 5.41) is 0.723. The van der Waals surface area contributed by atoms with Crippen molar-refractivity contribution in [1.29, 1.82) is 0 Å². The maximum atomic E-state index is 15.9. The molecule has 0 saturated carbocycles. The van der Waals surface area contributed by atoms with E-state index >= 15 is 4.39 Å². The van der Waals surface area contributed by atoms with Gasteiger partial charge in [0, 0.05) is 63.3 Å². The van der Waals surface area contributed by atoms with Gasteiger partial charge in [0.1, 0.15) is 5.69 Å². The van der Waals surface area contributed by atoms with Crippen molar-refractivity contribution in [2.45, 2.75) is 33.1 Å². The number of amides is 2. The van der Waals surface area contributed by atoms with Crippen LogP contribution >= 0.6 is 0 Å². The lowest BCUT2D eigenvalue weighted by atomic mass is 9.92. The van der Waals surface area contributed by atoms with Crippen LogP contribution in [-0.4, -0.2) is 78.0 Å². The van der Waals surface area contributed by atoms with E-state index in [1.54, 1.807) is 29.2 Å². The summed E-state index contributed by atoms with van der Waals surface area (Å²) in [6.45, 7) is 8.97. The molecule has 2 aliphatic heterocycles. The number of ether oxygens (including phenoxy) is 1. The molecule has 0 aliphatic carbocycles. The number of carbonyl (C=O) groups is 2. The molecule has 0 unspecified atom stereocenters. The molecule has 4 heterocycles. The highest BCUT2D eigenvalue weighted by atomic mass is 19.1. The van der Waals surface area contributed by atoms with Crippen molar-refractivity contribution in [3.63, 3.8) is 0 Å². The van der Waals surface area contributed by atoms with Crippen LogP contribution in [0.3, 0.4) is 0 Å². The van der Waals surface area contributed by atoms with Gasteiger partial charge in [-0.25, -0.2) is 9.37 Å². The summed E-state index contributed by atoms with van der Waals surface area (Å²) in [4.78, 5) is 38.6. The van der Waals surface area contributed by atoms with E-state index in [2.05, 4.69) is 28.7 Å². The zero-order valence-corrected chi connectivity index (χ0v) is 22.4. The average molecular weight is 520 g/mol. The Bertz CT molecular complexity index is 1400. The van der Waals surface area contributed by atoms with Gasteiger partial charge in [0.25, 0.3) is 5.91 Å². The first kappa shape index (κ1) is 25.8. The molecule has 0 radical (unpaired) electrons. The lowest BCUT2D eigenvalue weighted by Crippen LogP contribution is -2.49. The third-order valence-electron chi connectivity index (χ3n) is 7.52. The Morgan fingerprint density at radius 3 is 2.55 bits per heavy atom. The smallest absolute Gasteiger partial charge is 0.270 e. The first-order valence-corrected chi connectivity index (χ1v) is 13.1. The van der Waals surface area contributed by atoms with Crippen LogP contribution in [0, 0.1) is 5.82 Å². The number of pyridine rings is 1. The van der Waals surface area contributed by atoms with Gasteiger partial charge in [-0.1, -0.05) is 19.9 Å². The molecule has 38 heavy (non-hydrogen) atoms. The first-order valence-electron chi connectivity index (χ1n) is 13.1. The van der Waals surface area contributed by atoms with Gasteiger partial charge in [-0.15, -0.1) is 0 Å². The standard InChI is InChI=1S/C29H34FN5O3/c1-18(2)21-15-22(20-7-6-10-35(17-20)19(3)36)26(30)27-23(21)16-24(32-27)29(37)34-13-11-33(12-14-34)28-25(38-4)8-5-9-31-28/h5,7-9,15-16,18,32H,6,10-14,17H2,1-4H3. The van der Waals surface area contributed by atoms with Crippen LogP contribution in [0.25, 0.3) is 16.5 Å². The van der Waals surface area contributed by atoms with Gasteiger partial charge in [0.05, 0.1) is 12.6 Å². The molecule has 2 amide bonds. The summed E-state index contributed by atoms with van der Waals surface area (Å²) < 4.78 is 21.4. The number of aromatic nitrogens is 2. The van der Waals surface area contributed by atoms with E-state index in [4.69, 9.17) is 4.74 Å². The van der Waals surface area contributed by atoms with E-state index < -0.39 is 0 Å². The Balaban J connectivity index is 1.41. The van der Waals surface area contributed by atoms with Crippen LogP contribution in [0.5, 0.6) is 5.75 Å². The quantitative estimate of drug-likeness (QED) is 0.539. The number of hydrogen-bond donors (Lipinski definition) is 1. The molecule has 0 bridgehead atoms. The molecular weight excluding hydrogens is 485 g/mol. The van der Waals surface area contributed by atoms with E-state index in [-0.39, 0.29) is 23.5 Å². The molecule has 1 aromatic carbocycles. The largest absolute Gasteiger partial charge is 0.493 e. The summed E-state index contributed by atoms with van der Waals surface area (Å²) in [6, 6.07) is 7.38. The molecule has 1 N–H and O–H groups in total. The highest BCUT2D eigenvalue weighted by molar-refractivity contribution is 6.00. The molecular formula is C29H34FN5O3. The number of nitrogens with zero attached hydrogens (tertiary/aromatic N) is 4. The molecule has 0 spiro atoms.